The van der Waals surface area contributed by atoms with Crippen LogP contribution in [-0.4, -0.2) is 24.2 Å². The Balaban J connectivity index is 1.30. The zero-order valence-corrected chi connectivity index (χ0v) is 19.6. The van der Waals surface area contributed by atoms with Gasteiger partial charge in [-0.2, -0.15) is 0 Å². The SMILES string of the molecule is CCOC(=O)c1oc2ccccc2c1CSCC(=O)Nc1ccc(OCc2ccccc2)cc1. The smallest absolute Gasteiger partial charge is 0.374 e. The van der Waals surface area contributed by atoms with E-state index in [1.807, 2.05) is 78.9 Å². The minimum Gasteiger partial charge on any atom is -0.489 e. The first-order chi connectivity index (χ1) is 16.6. The Hall–Kier alpha value is -3.71. The van der Waals surface area contributed by atoms with Crippen molar-refractivity contribution in [1.82, 2.24) is 0 Å². The highest BCUT2D eigenvalue weighted by molar-refractivity contribution is 7.99. The van der Waals surface area contributed by atoms with Crippen LogP contribution in [0, 0.1) is 0 Å². The van der Waals surface area contributed by atoms with Gasteiger partial charge in [0.25, 0.3) is 0 Å². The number of fused-ring (bicyclic) bond motifs is 1. The van der Waals surface area contributed by atoms with Gasteiger partial charge >= 0.3 is 5.97 Å². The summed E-state index contributed by atoms with van der Waals surface area (Å²) in [6.07, 6.45) is 0. The number of amides is 1. The summed E-state index contributed by atoms with van der Waals surface area (Å²) in [6.45, 7) is 2.50. The van der Waals surface area contributed by atoms with Crippen LogP contribution < -0.4 is 10.1 Å². The van der Waals surface area contributed by atoms with Gasteiger partial charge in [0.1, 0.15) is 17.9 Å². The topological polar surface area (TPSA) is 77.8 Å². The molecule has 0 saturated carbocycles. The van der Waals surface area contributed by atoms with Crippen LogP contribution in [0.2, 0.25) is 0 Å². The van der Waals surface area contributed by atoms with Crippen LogP contribution in [-0.2, 0) is 21.9 Å². The van der Waals surface area contributed by atoms with Gasteiger partial charge in [0.15, 0.2) is 0 Å². The van der Waals surface area contributed by atoms with Gasteiger partial charge < -0.3 is 19.2 Å². The molecule has 0 aliphatic heterocycles. The molecule has 0 atom stereocenters. The molecule has 1 heterocycles. The second-order valence-electron chi connectivity index (χ2n) is 7.47. The van der Waals surface area contributed by atoms with Crippen LogP contribution in [0.1, 0.15) is 28.6 Å². The molecule has 4 rings (SSSR count). The molecule has 1 aromatic heterocycles. The molecule has 0 fully saturated rings. The van der Waals surface area contributed by atoms with Crippen molar-refractivity contribution in [2.75, 3.05) is 17.7 Å². The maximum Gasteiger partial charge on any atom is 0.374 e. The second-order valence-corrected chi connectivity index (χ2v) is 8.45. The first kappa shape index (κ1) is 23.4. The van der Waals surface area contributed by atoms with E-state index >= 15 is 0 Å². The lowest BCUT2D eigenvalue weighted by molar-refractivity contribution is -0.113. The monoisotopic (exact) mass is 475 g/mol. The van der Waals surface area contributed by atoms with E-state index in [0.717, 1.165) is 22.3 Å². The molecule has 0 aliphatic rings. The normalized spacial score (nSPS) is 10.7. The molecular formula is C27H25NO5S. The fourth-order valence-corrected chi connectivity index (χ4v) is 4.27. The van der Waals surface area contributed by atoms with Crippen LogP contribution in [0.4, 0.5) is 5.69 Å². The molecule has 0 aliphatic carbocycles. The lowest BCUT2D eigenvalue weighted by Gasteiger charge is -2.09. The van der Waals surface area contributed by atoms with Gasteiger partial charge in [-0.25, -0.2) is 4.79 Å². The van der Waals surface area contributed by atoms with Crippen LogP contribution in [0.3, 0.4) is 0 Å². The van der Waals surface area contributed by atoms with Crippen molar-refractivity contribution in [2.24, 2.45) is 0 Å². The zero-order chi connectivity index (χ0) is 23.8. The van der Waals surface area contributed by atoms with E-state index in [1.54, 1.807) is 6.92 Å². The Labute approximate surface area is 202 Å². The predicted octanol–water partition coefficient (Wildman–Crippen LogP) is 6.06. The number of anilines is 1. The van der Waals surface area contributed by atoms with E-state index in [0.29, 0.717) is 23.6 Å². The summed E-state index contributed by atoms with van der Waals surface area (Å²) >= 11 is 1.41. The largest absolute Gasteiger partial charge is 0.489 e. The summed E-state index contributed by atoms with van der Waals surface area (Å²) in [4.78, 5) is 24.8. The Morgan fingerprint density at radius 2 is 1.68 bits per heavy atom. The molecule has 6 nitrogen and oxygen atoms in total. The Morgan fingerprint density at radius 1 is 0.941 bits per heavy atom. The number of para-hydroxylation sites is 1. The lowest BCUT2D eigenvalue weighted by atomic mass is 10.1. The fraction of sp³-hybridized carbons (Fsp3) is 0.185. The summed E-state index contributed by atoms with van der Waals surface area (Å²) < 4.78 is 16.6. The average Bonchev–Trinajstić information content (AvgIpc) is 3.23. The van der Waals surface area contributed by atoms with Crippen molar-refractivity contribution in [3.05, 3.63) is 95.7 Å². The Kier molecular flexibility index (Phi) is 7.88. The van der Waals surface area contributed by atoms with Gasteiger partial charge in [0, 0.05) is 22.4 Å². The van der Waals surface area contributed by atoms with E-state index in [4.69, 9.17) is 13.9 Å². The number of carbonyl (C=O) groups is 2. The number of rotatable bonds is 10. The molecule has 1 N–H and O–H groups in total. The van der Waals surface area contributed by atoms with Gasteiger partial charge in [0.2, 0.25) is 11.7 Å². The minimum atomic E-state index is -0.492. The number of hydrogen-bond donors (Lipinski definition) is 1. The molecule has 4 aromatic rings. The van der Waals surface area contributed by atoms with Crippen molar-refractivity contribution in [3.8, 4) is 5.75 Å². The summed E-state index contributed by atoms with van der Waals surface area (Å²) in [7, 11) is 0. The summed E-state index contributed by atoms with van der Waals surface area (Å²) in [6, 6.07) is 24.7. The van der Waals surface area contributed by atoms with E-state index in [9.17, 15) is 9.59 Å². The van der Waals surface area contributed by atoms with Crippen molar-refractivity contribution >= 4 is 40.3 Å². The predicted molar refractivity (Wildman–Crippen MR) is 134 cm³/mol. The second kappa shape index (κ2) is 11.4. The summed E-state index contributed by atoms with van der Waals surface area (Å²) in [5.41, 5.74) is 3.15. The summed E-state index contributed by atoms with van der Waals surface area (Å²) in [5, 5.41) is 3.74. The maximum absolute atomic E-state index is 12.4. The number of carbonyl (C=O) groups excluding carboxylic acids is 2. The first-order valence-electron chi connectivity index (χ1n) is 11.0. The van der Waals surface area contributed by atoms with Gasteiger partial charge in [-0.05, 0) is 42.8 Å². The number of esters is 1. The number of ether oxygens (including phenoxy) is 2. The molecule has 34 heavy (non-hydrogen) atoms. The van der Waals surface area contributed by atoms with Crippen molar-refractivity contribution < 1.29 is 23.5 Å². The third-order valence-corrected chi connectivity index (χ3v) is 5.98. The van der Waals surface area contributed by atoms with Gasteiger partial charge in [0.05, 0.1) is 12.4 Å². The molecule has 0 unspecified atom stereocenters. The molecule has 7 heteroatoms. The molecule has 174 valence electrons. The number of furan rings is 1. The van der Waals surface area contributed by atoms with Crippen LogP contribution in [0.5, 0.6) is 5.75 Å². The molecule has 3 aromatic carbocycles. The third kappa shape index (κ3) is 5.99. The van der Waals surface area contributed by atoms with Crippen LogP contribution in [0.25, 0.3) is 11.0 Å². The maximum atomic E-state index is 12.4. The number of nitrogens with one attached hydrogen (secondary N) is 1. The third-order valence-electron chi connectivity index (χ3n) is 5.03. The highest BCUT2D eigenvalue weighted by Gasteiger charge is 2.21. The standard InChI is InChI=1S/C27H25NO5S/c1-2-31-27(30)26-23(22-10-6-7-11-24(22)33-26)17-34-18-25(29)28-20-12-14-21(15-13-20)32-16-19-8-4-3-5-9-19/h3-15H,2,16-18H2,1H3,(H,28,29). The number of thioether (sulfide) groups is 1. The fourth-order valence-electron chi connectivity index (χ4n) is 3.42. The minimum absolute atomic E-state index is 0.131. The molecule has 0 bridgehead atoms. The Morgan fingerprint density at radius 3 is 2.44 bits per heavy atom. The van der Waals surface area contributed by atoms with Crippen molar-refractivity contribution in [2.45, 2.75) is 19.3 Å². The zero-order valence-electron chi connectivity index (χ0n) is 18.8. The first-order valence-corrected chi connectivity index (χ1v) is 12.1. The van der Waals surface area contributed by atoms with Gasteiger partial charge in [-0.1, -0.05) is 48.5 Å². The quantitative estimate of drug-likeness (QED) is 0.281. The molecule has 1 amide bonds. The van der Waals surface area contributed by atoms with Crippen molar-refractivity contribution in [3.63, 3.8) is 0 Å². The molecular weight excluding hydrogens is 450 g/mol. The van der Waals surface area contributed by atoms with Gasteiger partial charge in [-0.3, -0.25) is 4.79 Å². The molecule has 0 radical (unpaired) electrons. The van der Waals surface area contributed by atoms with E-state index < -0.39 is 5.97 Å². The molecule has 0 spiro atoms. The van der Waals surface area contributed by atoms with Crippen LogP contribution >= 0.6 is 11.8 Å². The van der Waals surface area contributed by atoms with E-state index in [2.05, 4.69) is 5.32 Å². The average molecular weight is 476 g/mol. The van der Waals surface area contributed by atoms with Gasteiger partial charge in [-0.15, -0.1) is 11.8 Å². The van der Waals surface area contributed by atoms with E-state index in [1.165, 1.54) is 11.8 Å². The van der Waals surface area contributed by atoms with E-state index in [-0.39, 0.29) is 24.0 Å². The lowest BCUT2D eigenvalue weighted by Crippen LogP contribution is -2.14. The number of benzene rings is 3. The Bertz CT molecular complexity index is 1250. The van der Waals surface area contributed by atoms with Crippen molar-refractivity contribution in [1.29, 1.82) is 0 Å². The van der Waals surface area contributed by atoms with Crippen LogP contribution in [0.15, 0.2) is 83.3 Å². The highest BCUT2D eigenvalue weighted by Crippen LogP contribution is 2.30. The number of hydrogen-bond acceptors (Lipinski definition) is 6. The highest BCUT2D eigenvalue weighted by atomic mass is 32.2. The molecule has 0 saturated heterocycles. The summed E-state index contributed by atoms with van der Waals surface area (Å²) in [5.74, 6) is 0.983.